The molecule has 20 heavy (non-hydrogen) atoms. The highest BCUT2D eigenvalue weighted by molar-refractivity contribution is 9.10. The molecule has 0 aliphatic heterocycles. The Hall–Kier alpha value is -1.88. The number of halogens is 2. The van der Waals surface area contributed by atoms with Crippen molar-refractivity contribution in [2.45, 2.75) is 6.92 Å². The zero-order chi connectivity index (χ0) is 14.7. The van der Waals surface area contributed by atoms with Crippen LogP contribution in [-0.2, 0) is 0 Å². The van der Waals surface area contributed by atoms with Gasteiger partial charge in [-0.2, -0.15) is 0 Å². The lowest BCUT2D eigenvalue weighted by atomic mass is 10.1. The molecular weight excluding hydrogens is 325 g/mol. The average molecular weight is 338 g/mol. The van der Waals surface area contributed by atoms with Crippen molar-refractivity contribution in [3.8, 4) is 5.75 Å². The molecule has 2 aromatic carbocycles. The monoisotopic (exact) mass is 337 g/mol. The van der Waals surface area contributed by atoms with Crippen LogP contribution in [0, 0.1) is 5.82 Å². The number of aromatic hydroxyl groups is 1. The van der Waals surface area contributed by atoms with E-state index in [1.807, 2.05) is 6.92 Å². The maximum atomic E-state index is 13.2. The van der Waals surface area contributed by atoms with Crippen molar-refractivity contribution in [2.24, 2.45) is 0 Å². The van der Waals surface area contributed by atoms with Crippen LogP contribution in [0.2, 0.25) is 0 Å². The van der Waals surface area contributed by atoms with Crippen LogP contribution in [0.25, 0.3) is 0 Å². The first-order valence-electron chi connectivity index (χ1n) is 6.09. The molecule has 0 atom stereocenters. The third-order valence-corrected chi connectivity index (χ3v) is 3.48. The van der Waals surface area contributed by atoms with Gasteiger partial charge in [-0.3, -0.25) is 4.79 Å². The highest BCUT2D eigenvalue weighted by Crippen LogP contribution is 2.23. The Morgan fingerprint density at radius 2 is 2.05 bits per heavy atom. The van der Waals surface area contributed by atoms with E-state index in [0.717, 1.165) is 0 Å². The zero-order valence-electron chi connectivity index (χ0n) is 10.8. The predicted octanol–water partition coefficient (Wildman–Crippen LogP) is 3.96. The van der Waals surface area contributed by atoms with Crippen molar-refractivity contribution in [2.75, 3.05) is 11.4 Å². The van der Waals surface area contributed by atoms with E-state index in [4.69, 9.17) is 0 Å². The van der Waals surface area contributed by atoms with E-state index >= 15 is 0 Å². The van der Waals surface area contributed by atoms with E-state index in [2.05, 4.69) is 15.9 Å². The van der Waals surface area contributed by atoms with Crippen LogP contribution in [0.3, 0.4) is 0 Å². The van der Waals surface area contributed by atoms with E-state index in [0.29, 0.717) is 17.8 Å². The highest BCUT2D eigenvalue weighted by Gasteiger charge is 2.17. The molecule has 104 valence electrons. The molecule has 0 unspecified atom stereocenters. The number of rotatable bonds is 3. The van der Waals surface area contributed by atoms with Gasteiger partial charge in [0.15, 0.2) is 0 Å². The fourth-order valence-electron chi connectivity index (χ4n) is 1.89. The highest BCUT2D eigenvalue weighted by atomic mass is 79.9. The number of phenols is 1. The third-order valence-electron chi connectivity index (χ3n) is 2.87. The average Bonchev–Trinajstić information content (AvgIpc) is 2.42. The topological polar surface area (TPSA) is 40.5 Å². The maximum absolute atomic E-state index is 13.2. The first-order valence-corrected chi connectivity index (χ1v) is 6.88. The van der Waals surface area contributed by atoms with Gasteiger partial charge in [0.25, 0.3) is 5.91 Å². The zero-order valence-corrected chi connectivity index (χ0v) is 12.4. The molecule has 2 rings (SSSR count). The van der Waals surface area contributed by atoms with Crippen molar-refractivity contribution in [3.63, 3.8) is 0 Å². The first kappa shape index (κ1) is 14.5. The number of hydrogen-bond donors (Lipinski definition) is 1. The van der Waals surface area contributed by atoms with Crippen molar-refractivity contribution in [3.05, 3.63) is 58.3 Å². The van der Waals surface area contributed by atoms with E-state index < -0.39 is 5.82 Å². The van der Waals surface area contributed by atoms with Gasteiger partial charge in [0.05, 0.1) is 4.47 Å². The summed E-state index contributed by atoms with van der Waals surface area (Å²) >= 11 is 3.07. The Morgan fingerprint density at radius 3 is 2.65 bits per heavy atom. The summed E-state index contributed by atoms with van der Waals surface area (Å²) in [5.74, 6) is -0.574. The lowest BCUT2D eigenvalue weighted by molar-refractivity contribution is 0.0988. The van der Waals surface area contributed by atoms with Crippen LogP contribution >= 0.6 is 15.9 Å². The second-order valence-corrected chi connectivity index (χ2v) is 5.05. The molecule has 2 aromatic rings. The molecule has 0 fully saturated rings. The molecule has 3 nitrogen and oxygen atoms in total. The Bertz CT molecular complexity index is 646. The molecule has 0 saturated heterocycles. The van der Waals surface area contributed by atoms with Gasteiger partial charge in [-0.05, 0) is 53.2 Å². The van der Waals surface area contributed by atoms with E-state index in [9.17, 15) is 14.3 Å². The molecule has 0 saturated carbocycles. The number of anilines is 1. The second kappa shape index (κ2) is 6.05. The number of nitrogens with zero attached hydrogens (tertiary/aromatic N) is 1. The Kier molecular flexibility index (Phi) is 4.39. The smallest absolute Gasteiger partial charge is 0.258 e. The predicted molar refractivity (Wildman–Crippen MR) is 79.6 cm³/mol. The van der Waals surface area contributed by atoms with E-state index in [1.165, 1.54) is 35.2 Å². The summed E-state index contributed by atoms with van der Waals surface area (Å²) in [6, 6.07) is 10.6. The van der Waals surface area contributed by atoms with Gasteiger partial charge in [-0.25, -0.2) is 4.39 Å². The quantitative estimate of drug-likeness (QED) is 0.920. The van der Waals surface area contributed by atoms with Gasteiger partial charge < -0.3 is 10.0 Å². The second-order valence-electron chi connectivity index (χ2n) is 4.20. The van der Waals surface area contributed by atoms with Crippen molar-refractivity contribution in [1.29, 1.82) is 0 Å². The summed E-state index contributed by atoms with van der Waals surface area (Å²) in [5, 5.41) is 9.50. The first-order chi connectivity index (χ1) is 9.52. The molecule has 0 spiro atoms. The van der Waals surface area contributed by atoms with E-state index in [-0.39, 0.29) is 16.1 Å². The summed E-state index contributed by atoms with van der Waals surface area (Å²) < 4.78 is 13.5. The SMILES string of the molecule is CCN(C(=O)c1ccc(F)c(Br)c1)c1cccc(O)c1. The fraction of sp³-hybridized carbons (Fsp3) is 0.133. The van der Waals surface area contributed by atoms with Crippen LogP contribution < -0.4 is 4.90 Å². The minimum absolute atomic E-state index is 0.0917. The van der Waals surface area contributed by atoms with Crippen LogP contribution in [-0.4, -0.2) is 17.6 Å². The van der Waals surface area contributed by atoms with Crippen molar-refractivity contribution >= 4 is 27.5 Å². The lowest BCUT2D eigenvalue weighted by Crippen LogP contribution is -2.30. The third kappa shape index (κ3) is 2.99. The molecule has 0 radical (unpaired) electrons. The number of carbonyl (C=O) groups is 1. The molecular formula is C15H13BrFNO2. The number of benzene rings is 2. The van der Waals surface area contributed by atoms with Gasteiger partial charge in [0.2, 0.25) is 0 Å². The molecule has 1 amide bonds. The molecule has 0 heterocycles. The van der Waals surface area contributed by atoms with Crippen LogP contribution in [0.4, 0.5) is 10.1 Å². The maximum Gasteiger partial charge on any atom is 0.258 e. The fourth-order valence-corrected chi connectivity index (χ4v) is 2.27. The number of hydrogen-bond acceptors (Lipinski definition) is 2. The Morgan fingerprint density at radius 1 is 1.30 bits per heavy atom. The van der Waals surface area contributed by atoms with Crippen molar-refractivity contribution < 1.29 is 14.3 Å². The summed E-state index contributed by atoms with van der Waals surface area (Å²) in [6.07, 6.45) is 0. The molecule has 0 aliphatic rings. The summed E-state index contributed by atoms with van der Waals surface area (Å²) in [7, 11) is 0. The minimum Gasteiger partial charge on any atom is -0.508 e. The van der Waals surface area contributed by atoms with Gasteiger partial charge in [-0.1, -0.05) is 6.07 Å². The minimum atomic E-state index is -0.415. The number of carbonyl (C=O) groups excluding carboxylic acids is 1. The van der Waals surface area contributed by atoms with Gasteiger partial charge in [0, 0.05) is 23.9 Å². The van der Waals surface area contributed by atoms with Crippen molar-refractivity contribution in [1.82, 2.24) is 0 Å². The number of phenolic OH excluding ortho intramolecular Hbond substituents is 1. The Labute approximate surface area is 124 Å². The molecule has 5 heteroatoms. The van der Waals surface area contributed by atoms with Gasteiger partial charge in [0.1, 0.15) is 11.6 Å². The number of amides is 1. The molecule has 0 bridgehead atoms. The largest absolute Gasteiger partial charge is 0.508 e. The van der Waals surface area contributed by atoms with Crippen LogP contribution in [0.15, 0.2) is 46.9 Å². The lowest BCUT2D eigenvalue weighted by Gasteiger charge is -2.21. The van der Waals surface area contributed by atoms with Gasteiger partial charge in [-0.15, -0.1) is 0 Å². The Balaban J connectivity index is 2.36. The molecule has 0 aromatic heterocycles. The molecule has 1 N–H and O–H groups in total. The van der Waals surface area contributed by atoms with Crippen LogP contribution in [0.1, 0.15) is 17.3 Å². The molecule has 0 aliphatic carbocycles. The van der Waals surface area contributed by atoms with E-state index in [1.54, 1.807) is 12.1 Å². The van der Waals surface area contributed by atoms with Gasteiger partial charge >= 0.3 is 0 Å². The summed E-state index contributed by atoms with van der Waals surface area (Å²) in [5.41, 5.74) is 0.974. The van der Waals surface area contributed by atoms with Crippen LogP contribution in [0.5, 0.6) is 5.75 Å². The summed E-state index contributed by atoms with van der Waals surface area (Å²) in [4.78, 5) is 14.0. The standard InChI is InChI=1S/C15H13BrFNO2/c1-2-18(11-4-3-5-12(19)9-11)15(20)10-6-7-14(17)13(16)8-10/h3-9,19H,2H2,1H3. The normalized spacial score (nSPS) is 10.3. The summed E-state index contributed by atoms with van der Waals surface area (Å²) in [6.45, 7) is 2.28.